The zero-order valence-corrected chi connectivity index (χ0v) is 13.1. The normalized spacial score (nSPS) is 11.2. The van der Waals surface area contributed by atoms with Crippen LogP contribution < -0.4 is 4.74 Å². The van der Waals surface area contributed by atoms with Crippen molar-refractivity contribution in [3.63, 3.8) is 0 Å². The highest BCUT2D eigenvalue weighted by Crippen LogP contribution is 2.41. The second-order valence-electron chi connectivity index (χ2n) is 4.46. The molecule has 24 heavy (non-hydrogen) atoms. The van der Waals surface area contributed by atoms with Crippen LogP contribution in [-0.4, -0.2) is 23.6 Å². The van der Waals surface area contributed by atoms with E-state index >= 15 is 0 Å². The first-order valence-electron chi connectivity index (χ1n) is 6.49. The van der Waals surface area contributed by atoms with Crippen molar-refractivity contribution < 1.29 is 31.8 Å². The van der Waals surface area contributed by atoms with Crippen molar-refractivity contribution in [2.45, 2.75) is 17.0 Å². The van der Waals surface area contributed by atoms with Gasteiger partial charge < -0.3 is 9.47 Å². The number of carbonyl (C=O) groups excluding carboxylic acids is 1. The lowest BCUT2D eigenvalue weighted by Crippen LogP contribution is -2.08. The van der Waals surface area contributed by atoms with Gasteiger partial charge in [0.2, 0.25) is 0 Å². The lowest BCUT2D eigenvalue weighted by Gasteiger charge is -2.12. The highest BCUT2D eigenvalue weighted by atomic mass is 32.2. The largest absolute Gasteiger partial charge is 0.496 e. The van der Waals surface area contributed by atoms with Crippen molar-refractivity contribution in [1.82, 2.24) is 4.98 Å². The van der Waals surface area contributed by atoms with Crippen LogP contribution in [0.15, 0.2) is 41.6 Å². The average molecular weight is 361 g/mol. The minimum Gasteiger partial charge on any atom is -0.496 e. The van der Waals surface area contributed by atoms with Crippen molar-refractivity contribution in [2.24, 2.45) is 0 Å². The first-order valence-corrected chi connectivity index (χ1v) is 7.31. The van der Waals surface area contributed by atoms with Crippen LogP contribution in [0.1, 0.15) is 15.9 Å². The van der Waals surface area contributed by atoms with E-state index < -0.39 is 17.3 Å². The summed E-state index contributed by atoms with van der Waals surface area (Å²) in [5.74, 6) is -1.73. The number of benzene rings is 1. The predicted molar refractivity (Wildman–Crippen MR) is 78.2 cm³/mol. The zero-order valence-electron chi connectivity index (χ0n) is 12.3. The van der Waals surface area contributed by atoms with E-state index in [1.165, 1.54) is 31.5 Å². The topological polar surface area (TPSA) is 48.4 Å². The van der Waals surface area contributed by atoms with E-state index in [0.29, 0.717) is 5.56 Å². The van der Waals surface area contributed by atoms with Crippen LogP contribution in [0.25, 0.3) is 0 Å². The third-order valence-corrected chi connectivity index (χ3v) is 3.59. The molecule has 0 amide bonds. The second kappa shape index (κ2) is 7.52. The molecule has 0 aliphatic carbocycles. The number of halogens is 4. The van der Waals surface area contributed by atoms with E-state index in [0.717, 1.165) is 12.3 Å². The number of esters is 1. The maximum Gasteiger partial charge on any atom is 0.446 e. The Hall–Kier alpha value is -2.29. The van der Waals surface area contributed by atoms with Gasteiger partial charge in [0.1, 0.15) is 12.4 Å². The summed E-state index contributed by atoms with van der Waals surface area (Å²) in [6, 6.07) is 5.14. The summed E-state index contributed by atoms with van der Waals surface area (Å²) in [5, 5.41) is 0. The van der Waals surface area contributed by atoms with E-state index in [1.807, 2.05) is 0 Å². The summed E-state index contributed by atoms with van der Waals surface area (Å²) < 4.78 is 60.8. The number of aromatic nitrogens is 1. The van der Waals surface area contributed by atoms with Gasteiger partial charge in [-0.2, -0.15) is 13.2 Å². The molecule has 1 aromatic heterocycles. The Balaban J connectivity index is 2.11. The number of alkyl halides is 3. The van der Waals surface area contributed by atoms with Gasteiger partial charge in [0.25, 0.3) is 0 Å². The first kappa shape index (κ1) is 18.1. The Labute approximate surface area is 138 Å². The van der Waals surface area contributed by atoms with Crippen LogP contribution in [0.4, 0.5) is 17.6 Å². The van der Waals surface area contributed by atoms with Crippen molar-refractivity contribution in [3.8, 4) is 5.75 Å². The molecule has 0 radical (unpaired) electrons. The monoisotopic (exact) mass is 361 g/mol. The Kier molecular flexibility index (Phi) is 5.66. The number of carbonyl (C=O) groups is 1. The van der Waals surface area contributed by atoms with Gasteiger partial charge in [-0.05, 0) is 35.5 Å². The lowest BCUT2D eigenvalue weighted by atomic mass is 10.2. The van der Waals surface area contributed by atoms with Crippen molar-refractivity contribution in [2.75, 3.05) is 7.11 Å². The van der Waals surface area contributed by atoms with Crippen LogP contribution in [0, 0.1) is 5.82 Å². The number of hydrogen-bond donors (Lipinski definition) is 0. The van der Waals surface area contributed by atoms with Crippen LogP contribution >= 0.6 is 11.8 Å². The fraction of sp³-hybridized carbons (Fsp3) is 0.200. The quantitative estimate of drug-likeness (QED) is 0.454. The number of nitrogens with zero attached hydrogens (tertiary/aromatic N) is 1. The molecular weight excluding hydrogens is 350 g/mol. The van der Waals surface area contributed by atoms with Gasteiger partial charge in [0.05, 0.1) is 23.8 Å². The number of methoxy groups -OCH3 is 1. The SMILES string of the molecule is COc1ccc(COC(=O)c2ccncc2F)cc1SC(F)(F)F. The molecule has 0 bridgehead atoms. The summed E-state index contributed by atoms with van der Waals surface area (Å²) in [6.07, 6.45) is 2.09. The molecule has 2 aromatic rings. The van der Waals surface area contributed by atoms with Crippen molar-refractivity contribution in [3.05, 3.63) is 53.6 Å². The van der Waals surface area contributed by atoms with E-state index in [4.69, 9.17) is 9.47 Å². The Morgan fingerprint density at radius 3 is 2.67 bits per heavy atom. The molecule has 0 fully saturated rings. The van der Waals surface area contributed by atoms with Crippen LogP contribution in [0.2, 0.25) is 0 Å². The molecule has 1 heterocycles. The standard InChI is InChI=1S/C15H11F4NO3S/c1-22-12-3-2-9(6-13(12)24-15(17,18)19)8-23-14(21)10-4-5-20-7-11(10)16/h2-7H,8H2,1H3. The van der Waals surface area contributed by atoms with E-state index in [9.17, 15) is 22.4 Å². The molecule has 2 rings (SSSR count). The number of pyridine rings is 1. The van der Waals surface area contributed by atoms with E-state index in [1.54, 1.807) is 0 Å². The molecule has 128 valence electrons. The molecule has 0 atom stereocenters. The summed E-state index contributed by atoms with van der Waals surface area (Å²) >= 11 is -0.335. The summed E-state index contributed by atoms with van der Waals surface area (Å²) in [4.78, 5) is 15.1. The first-order chi connectivity index (χ1) is 11.3. The van der Waals surface area contributed by atoms with Crippen molar-refractivity contribution >= 4 is 17.7 Å². The predicted octanol–water partition coefficient (Wildman–Crippen LogP) is 4.20. The third-order valence-electron chi connectivity index (χ3n) is 2.82. The molecule has 0 saturated heterocycles. The Bertz CT molecular complexity index is 737. The highest BCUT2D eigenvalue weighted by molar-refractivity contribution is 8.00. The average Bonchev–Trinajstić information content (AvgIpc) is 2.51. The van der Waals surface area contributed by atoms with Gasteiger partial charge in [-0.15, -0.1) is 0 Å². The van der Waals surface area contributed by atoms with Gasteiger partial charge in [-0.1, -0.05) is 6.07 Å². The molecule has 4 nitrogen and oxygen atoms in total. The zero-order chi connectivity index (χ0) is 17.7. The number of hydrogen-bond acceptors (Lipinski definition) is 5. The van der Waals surface area contributed by atoms with Gasteiger partial charge in [0, 0.05) is 6.20 Å². The highest BCUT2D eigenvalue weighted by Gasteiger charge is 2.31. The van der Waals surface area contributed by atoms with Gasteiger partial charge >= 0.3 is 11.5 Å². The van der Waals surface area contributed by atoms with E-state index in [-0.39, 0.29) is 34.6 Å². The number of rotatable bonds is 5. The molecule has 0 aliphatic heterocycles. The van der Waals surface area contributed by atoms with Gasteiger partial charge in [-0.25, -0.2) is 9.18 Å². The molecular formula is C15H11F4NO3S. The molecule has 1 aromatic carbocycles. The lowest BCUT2D eigenvalue weighted by molar-refractivity contribution is -0.0329. The van der Waals surface area contributed by atoms with Crippen LogP contribution in [0.3, 0.4) is 0 Å². The Morgan fingerprint density at radius 2 is 2.04 bits per heavy atom. The van der Waals surface area contributed by atoms with Gasteiger partial charge in [-0.3, -0.25) is 4.98 Å². The van der Waals surface area contributed by atoms with Crippen molar-refractivity contribution in [1.29, 1.82) is 0 Å². The summed E-state index contributed by atoms with van der Waals surface area (Å²) in [6.45, 7) is -0.310. The smallest absolute Gasteiger partial charge is 0.446 e. The van der Waals surface area contributed by atoms with E-state index in [2.05, 4.69) is 4.98 Å². The molecule has 0 saturated carbocycles. The van der Waals surface area contributed by atoms with Crippen LogP contribution in [0.5, 0.6) is 5.75 Å². The molecule has 0 aliphatic rings. The third kappa shape index (κ3) is 4.85. The summed E-state index contributed by atoms with van der Waals surface area (Å²) in [5.41, 5.74) is -4.48. The molecule has 0 N–H and O–H groups in total. The maximum atomic E-state index is 13.4. The minimum absolute atomic E-state index is 0.0487. The fourth-order valence-corrected chi connectivity index (χ4v) is 2.49. The molecule has 0 unspecified atom stereocenters. The van der Waals surface area contributed by atoms with Gasteiger partial charge in [0.15, 0.2) is 5.82 Å². The number of thioether (sulfide) groups is 1. The fourth-order valence-electron chi connectivity index (χ4n) is 1.78. The minimum atomic E-state index is -4.48. The number of ether oxygens (including phenoxy) is 2. The second-order valence-corrected chi connectivity index (χ2v) is 5.57. The maximum absolute atomic E-state index is 13.4. The molecule has 0 spiro atoms. The van der Waals surface area contributed by atoms with Crippen LogP contribution in [-0.2, 0) is 11.3 Å². The Morgan fingerprint density at radius 1 is 1.29 bits per heavy atom. The molecule has 9 heteroatoms. The summed E-state index contributed by atoms with van der Waals surface area (Å²) in [7, 11) is 1.25.